The predicted molar refractivity (Wildman–Crippen MR) is 97.8 cm³/mol. The van der Waals surface area contributed by atoms with E-state index in [0.29, 0.717) is 37.7 Å². The van der Waals surface area contributed by atoms with E-state index < -0.39 is 0 Å². The summed E-state index contributed by atoms with van der Waals surface area (Å²) < 4.78 is 16.4. The van der Waals surface area contributed by atoms with Crippen LogP contribution < -0.4 is 4.74 Å². The van der Waals surface area contributed by atoms with Gasteiger partial charge in [0.25, 0.3) is 0 Å². The predicted octanol–water partition coefficient (Wildman–Crippen LogP) is 4.29. The van der Waals surface area contributed by atoms with E-state index in [2.05, 4.69) is 4.98 Å². The number of esters is 1. The van der Waals surface area contributed by atoms with Crippen LogP contribution in [-0.4, -0.2) is 24.2 Å². The summed E-state index contributed by atoms with van der Waals surface area (Å²) in [6.07, 6.45) is 3.00. The van der Waals surface area contributed by atoms with E-state index in [1.54, 1.807) is 6.20 Å². The summed E-state index contributed by atoms with van der Waals surface area (Å²) in [4.78, 5) is 16.0. The van der Waals surface area contributed by atoms with Crippen molar-refractivity contribution in [2.24, 2.45) is 0 Å². The fourth-order valence-electron chi connectivity index (χ4n) is 2.39. The summed E-state index contributed by atoms with van der Waals surface area (Å²) >= 11 is 0. The Morgan fingerprint density at radius 2 is 1.69 bits per heavy atom. The Bertz CT molecular complexity index is 799. The van der Waals surface area contributed by atoms with Gasteiger partial charge in [0.15, 0.2) is 11.7 Å². The van der Waals surface area contributed by atoms with Gasteiger partial charge in [0, 0.05) is 18.4 Å². The van der Waals surface area contributed by atoms with E-state index in [1.165, 1.54) is 0 Å². The molecule has 0 unspecified atom stereocenters. The fourth-order valence-corrected chi connectivity index (χ4v) is 2.39. The fraction of sp³-hybridized carbons (Fsp3) is 0.238. The first-order chi connectivity index (χ1) is 12.8. The quantitative estimate of drug-likeness (QED) is 0.425. The van der Waals surface area contributed by atoms with Crippen LogP contribution >= 0.6 is 0 Å². The number of rotatable bonds is 9. The van der Waals surface area contributed by atoms with Gasteiger partial charge in [-0.05, 0) is 12.1 Å². The van der Waals surface area contributed by atoms with Crippen LogP contribution in [0.5, 0.6) is 5.75 Å². The molecule has 1 heterocycles. The molecule has 0 bridgehead atoms. The van der Waals surface area contributed by atoms with Crippen LogP contribution in [0.15, 0.2) is 71.3 Å². The lowest BCUT2D eigenvalue weighted by molar-refractivity contribution is -0.143. The second-order valence-corrected chi connectivity index (χ2v) is 5.72. The second kappa shape index (κ2) is 9.42. The Morgan fingerprint density at radius 3 is 2.46 bits per heavy atom. The summed E-state index contributed by atoms with van der Waals surface area (Å²) in [6.45, 7) is 0.851. The first-order valence-corrected chi connectivity index (χ1v) is 8.65. The number of benzene rings is 2. The molecule has 0 radical (unpaired) electrons. The molecular weight excluding hydrogens is 330 g/mol. The Balaban J connectivity index is 1.32. The minimum Gasteiger partial charge on any atom is -0.493 e. The van der Waals surface area contributed by atoms with Gasteiger partial charge in [-0.3, -0.25) is 4.79 Å². The largest absolute Gasteiger partial charge is 0.493 e. The summed E-state index contributed by atoms with van der Waals surface area (Å²) in [6, 6.07) is 19.3. The van der Waals surface area contributed by atoms with Crippen molar-refractivity contribution >= 4 is 5.97 Å². The highest BCUT2D eigenvalue weighted by molar-refractivity contribution is 5.69. The highest BCUT2D eigenvalue weighted by Gasteiger charge is 2.09. The number of hydrogen-bond donors (Lipinski definition) is 0. The molecule has 1 aromatic heterocycles. The van der Waals surface area contributed by atoms with Crippen LogP contribution in [0.25, 0.3) is 11.3 Å². The molecule has 0 saturated heterocycles. The van der Waals surface area contributed by atoms with Gasteiger partial charge >= 0.3 is 5.97 Å². The van der Waals surface area contributed by atoms with Crippen LogP contribution in [0.2, 0.25) is 0 Å². The highest BCUT2D eigenvalue weighted by atomic mass is 16.5. The number of oxazole rings is 1. The molecule has 5 nitrogen and oxygen atoms in total. The molecule has 5 heteroatoms. The zero-order valence-corrected chi connectivity index (χ0v) is 14.5. The van der Waals surface area contributed by atoms with Gasteiger partial charge in [0.1, 0.15) is 5.75 Å². The third kappa shape index (κ3) is 5.48. The topological polar surface area (TPSA) is 61.6 Å². The molecule has 0 spiro atoms. The Kier molecular flexibility index (Phi) is 6.42. The first kappa shape index (κ1) is 17.7. The average molecular weight is 351 g/mol. The van der Waals surface area contributed by atoms with Crippen molar-refractivity contribution in [2.45, 2.75) is 19.3 Å². The van der Waals surface area contributed by atoms with Crippen molar-refractivity contribution in [2.75, 3.05) is 13.2 Å². The average Bonchev–Trinajstić information content (AvgIpc) is 3.17. The van der Waals surface area contributed by atoms with Crippen LogP contribution in [0.4, 0.5) is 0 Å². The number of ether oxygens (including phenoxy) is 2. The molecule has 2 aromatic carbocycles. The van der Waals surface area contributed by atoms with E-state index in [9.17, 15) is 4.79 Å². The lowest BCUT2D eigenvalue weighted by atomic mass is 10.2. The number of aromatic nitrogens is 1. The number of para-hydroxylation sites is 1. The van der Waals surface area contributed by atoms with E-state index in [4.69, 9.17) is 13.9 Å². The number of carbonyl (C=O) groups is 1. The SMILES string of the molecule is O=C(CCc1ncc(-c2ccccc2)o1)OCCCOc1ccccc1. The molecule has 0 N–H and O–H groups in total. The standard InChI is InChI=1S/C21H21NO4/c23-21(25-15-7-14-24-18-10-5-2-6-11-18)13-12-20-22-16-19(26-20)17-8-3-1-4-9-17/h1-6,8-11,16H,7,12-15H2. The molecule has 0 amide bonds. The molecule has 0 aliphatic carbocycles. The number of hydrogen-bond acceptors (Lipinski definition) is 5. The van der Waals surface area contributed by atoms with E-state index in [1.807, 2.05) is 60.7 Å². The second-order valence-electron chi connectivity index (χ2n) is 5.72. The normalized spacial score (nSPS) is 10.5. The maximum absolute atomic E-state index is 11.8. The van der Waals surface area contributed by atoms with Gasteiger partial charge in [-0.15, -0.1) is 0 Å². The van der Waals surface area contributed by atoms with Gasteiger partial charge in [-0.2, -0.15) is 0 Å². The summed E-state index contributed by atoms with van der Waals surface area (Å²) in [5.41, 5.74) is 0.965. The molecular formula is C21H21NO4. The number of carbonyl (C=O) groups excluding carboxylic acids is 1. The summed E-state index contributed by atoms with van der Waals surface area (Å²) in [5, 5.41) is 0. The van der Waals surface area contributed by atoms with E-state index in [0.717, 1.165) is 11.3 Å². The molecule has 26 heavy (non-hydrogen) atoms. The van der Waals surface area contributed by atoms with Crippen LogP contribution in [0.1, 0.15) is 18.7 Å². The number of nitrogens with zero attached hydrogens (tertiary/aromatic N) is 1. The summed E-state index contributed by atoms with van der Waals surface area (Å²) in [7, 11) is 0. The van der Waals surface area contributed by atoms with Crippen LogP contribution in [0, 0.1) is 0 Å². The van der Waals surface area contributed by atoms with E-state index in [-0.39, 0.29) is 12.4 Å². The van der Waals surface area contributed by atoms with Crippen LogP contribution in [-0.2, 0) is 16.0 Å². The van der Waals surface area contributed by atoms with Crippen molar-refractivity contribution in [3.05, 3.63) is 72.8 Å². The third-order valence-corrected chi connectivity index (χ3v) is 3.72. The maximum Gasteiger partial charge on any atom is 0.306 e. The van der Waals surface area contributed by atoms with Gasteiger partial charge in [-0.1, -0.05) is 48.5 Å². The summed E-state index contributed by atoms with van der Waals surface area (Å²) in [5.74, 6) is 1.79. The van der Waals surface area contributed by atoms with Crippen LogP contribution in [0.3, 0.4) is 0 Å². The minimum atomic E-state index is -0.260. The minimum absolute atomic E-state index is 0.244. The van der Waals surface area contributed by atoms with Crippen molar-refractivity contribution < 1.29 is 18.7 Å². The molecule has 0 fully saturated rings. The molecule has 3 aromatic rings. The monoisotopic (exact) mass is 351 g/mol. The van der Waals surface area contributed by atoms with Crippen molar-refractivity contribution in [3.63, 3.8) is 0 Å². The van der Waals surface area contributed by atoms with Crippen molar-refractivity contribution in [3.8, 4) is 17.1 Å². The Morgan fingerprint density at radius 1 is 0.962 bits per heavy atom. The van der Waals surface area contributed by atoms with Crippen molar-refractivity contribution in [1.29, 1.82) is 0 Å². The molecule has 134 valence electrons. The lowest BCUT2D eigenvalue weighted by Crippen LogP contribution is -2.09. The third-order valence-electron chi connectivity index (χ3n) is 3.72. The molecule has 3 rings (SSSR count). The smallest absolute Gasteiger partial charge is 0.306 e. The molecule has 0 atom stereocenters. The molecule has 0 aliphatic heterocycles. The molecule has 0 aliphatic rings. The molecule has 0 saturated carbocycles. The van der Waals surface area contributed by atoms with Gasteiger partial charge in [0.2, 0.25) is 0 Å². The first-order valence-electron chi connectivity index (χ1n) is 8.65. The van der Waals surface area contributed by atoms with Gasteiger partial charge in [0.05, 0.1) is 25.8 Å². The number of aryl methyl sites for hydroxylation is 1. The van der Waals surface area contributed by atoms with E-state index >= 15 is 0 Å². The van der Waals surface area contributed by atoms with Crippen molar-refractivity contribution in [1.82, 2.24) is 4.98 Å². The van der Waals surface area contributed by atoms with Gasteiger partial charge in [-0.25, -0.2) is 4.98 Å². The Hall–Kier alpha value is -3.08. The van der Waals surface area contributed by atoms with Gasteiger partial charge < -0.3 is 13.9 Å². The maximum atomic E-state index is 11.8. The Labute approximate surface area is 152 Å². The lowest BCUT2D eigenvalue weighted by Gasteiger charge is -2.06. The zero-order valence-electron chi connectivity index (χ0n) is 14.5. The zero-order chi connectivity index (χ0) is 18.0. The highest BCUT2D eigenvalue weighted by Crippen LogP contribution is 2.20.